The van der Waals surface area contributed by atoms with Crippen molar-refractivity contribution in [1.82, 2.24) is 29.8 Å². The van der Waals surface area contributed by atoms with E-state index in [1.54, 1.807) is 19.1 Å². The van der Waals surface area contributed by atoms with Crippen molar-refractivity contribution in [3.8, 4) is 5.69 Å². The van der Waals surface area contributed by atoms with E-state index in [0.29, 0.717) is 18.5 Å². The summed E-state index contributed by atoms with van der Waals surface area (Å²) in [6.45, 7) is 2.22. The second-order valence-electron chi connectivity index (χ2n) is 6.45. The van der Waals surface area contributed by atoms with E-state index >= 15 is 0 Å². The van der Waals surface area contributed by atoms with Crippen molar-refractivity contribution in [3.05, 3.63) is 30.6 Å². The summed E-state index contributed by atoms with van der Waals surface area (Å²) in [7, 11) is -3.66. The van der Waals surface area contributed by atoms with E-state index < -0.39 is 16.0 Å². The molecule has 1 amide bonds. The van der Waals surface area contributed by atoms with Crippen molar-refractivity contribution >= 4 is 21.9 Å². The number of esters is 1. The summed E-state index contributed by atoms with van der Waals surface area (Å²) >= 11 is 0. The second kappa shape index (κ2) is 9.09. The fourth-order valence-electron chi connectivity index (χ4n) is 3.07. The molecule has 0 bridgehead atoms. The molecule has 0 spiro atoms. The van der Waals surface area contributed by atoms with Gasteiger partial charge in [0.05, 0.1) is 17.2 Å². The first kappa shape index (κ1) is 20.9. The molecule has 1 aromatic heterocycles. The van der Waals surface area contributed by atoms with Crippen molar-refractivity contribution in [2.45, 2.75) is 24.7 Å². The molecular weight excluding hydrogens is 400 g/mol. The maximum absolute atomic E-state index is 12.9. The third-order valence-corrected chi connectivity index (χ3v) is 6.54. The van der Waals surface area contributed by atoms with Crippen LogP contribution in [0, 0.1) is 5.92 Å². The van der Waals surface area contributed by atoms with Crippen LogP contribution in [0.4, 0.5) is 0 Å². The summed E-state index contributed by atoms with van der Waals surface area (Å²) < 4.78 is 33.3. The molecule has 0 aliphatic carbocycles. The number of nitrogens with zero attached hydrogens (tertiary/aromatic N) is 5. The Morgan fingerprint density at radius 3 is 2.48 bits per heavy atom. The van der Waals surface area contributed by atoms with E-state index in [2.05, 4.69) is 20.8 Å². The van der Waals surface area contributed by atoms with Gasteiger partial charge in [-0.15, -0.1) is 5.10 Å². The zero-order chi connectivity index (χ0) is 20.9. The van der Waals surface area contributed by atoms with Gasteiger partial charge < -0.3 is 10.1 Å². The smallest absolute Gasteiger partial charge is 0.325 e. The highest BCUT2D eigenvalue weighted by molar-refractivity contribution is 7.89. The van der Waals surface area contributed by atoms with E-state index in [0.717, 1.165) is 0 Å². The number of carbonyl (C=O) groups excluding carboxylic acids is 2. The Labute approximate surface area is 168 Å². The first-order valence-electron chi connectivity index (χ1n) is 9.18. The lowest BCUT2D eigenvalue weighted by molar-refractivity contribution is -0.144. The van der Waals surface area contributed by atoms with Gasteiger partial charge in [-0.05, 0) is 54.5 Å². The standard InChI is InChI=1S/C17H22N6O5S/c1-2-28-16(24)11-18-17(25)13-7-9-22(10-8-13)29(26,27)15-5-3-14(4-6-15)23-12-19-20-21-23/h3-6,12-13H,2,7-11H2,1H3,(H,18,25). The van der Waals surface area contributed by atoms with Gasteiger partial charge in [0.2, 0.25) is 15.9 Å². The van der Waals surface area contributed by atoms with Gasteiger partial charge in [0.1, 0.15) is 12.9 Å². The van der Waals surface area contributed by atoms with Crippen LogP contribution in [0.2, 0.25) is 0 Å². The lowest BCUT2D eigenvalue weighted by Crippen LogP contribution is -2.44. The zero-order valence-electron chi connectivity index (χ0n) is 15.9. The minimum atomic E-state index is -3.66. The quantitative estimate of drug-likeness (QED) is 0.603. The van der Waals surface area contributed by atoms with E-state index in [4.69, 9.17) is 4.74 Å². The molecule has 1 aliphatic rings. The number of sulfonamides is 1. The Morgan fingerprint density at radius 2 is 1.90 bits per heavy atom. The normalized spacial score (nSPS) is 15.8. The van der Waals surface area contributed by atoms with Crippen LogP contribution < -0.4 is 5.32 Å². The largest absolute Gasteiger partial charge is 0.465 e. The van der Waals surface area contributed by atoms with E-state index in [1.165, 1.54) is 27.4 Å². The summed E-state index contributed by atoms with van der Waals surface area (Å²) in [5.74, 6) is -1.09. The molecule has 0 unspecified atom stereocenters. The molecule has 1 aromatic carbocycles. The minimum absolute atomic E-state index is 0.166. The maximum Gasteiger partial charge on any atom is 0.325 e. The third-order valence-electron chi connectivity index (χ3n) is 4.63. The molecule has 1 aliphatic heterocycles. The predicted molar refractivity (Wildman–Crippen MR) is 100 cm³/mol. The Kier molecular flexibility index (Phi) is 6.54. The highest BCUT2D eigenvalue weighted by Crippen LogP contribution is 2.24. The number of hydrogen-bond donors (Lipinski definition) is 1. The zero-order valence-corrected chi connectivity index (χ0v) is 16.7. The number of amides is 1. The van der Waals surface area contributed by atoms with Crippen LogP contribution in [-0.4, -0.2) is 71.0 Å². The summed E-state index contributed by atoms with van der Waals surface area (Å²) in [5.41, 5.74) is 0.644. The topological polar surface area (TPSA) is 136 Å². The molecule has 0 radical (unpaired) electrons. The van der Waals surface area contributed by atoms with Crippen molar-refractivity contribution < 1.29 is 22.7 Å². The minimum Gasteiger partial charge on any atom is -0.465 e. The third kappa shape index (κ3) is 4.95. The van der Waals surface area contributed by atoms with E-state index in [9.17, 15) is 18.0 Å². The Bertz CT molecular complexity index is 937. The van der Waals surface area contributed by atoms with Gasteiger partial charge in [-0.3, -0.25) is 9.59 Å². The average molecular weight is 422 g/mol. The van der Waals surface area contributed by atoms with Gasteiger partial charge in [0, 0.05) is 19.0 Å². The van der Waals surface area contributed by atoms with Crippen molar-refractivity contribution in [3.63, 3.8) is 0 Å². The SMILES string of the molecule is CCOC(=O)CNC(=O)C1CCN(S(=O)(=O)c2ccc(-n3cnnn3)cc2)CC1. The Morgan fingerprint density at radius 1 is 1.21 bits per heavy atom. The highest BCUT2D eigenvalue weighted by atomic mass is 32.2. The second-order valence-corrected chi connectivity index (χ2v) is 8.39. The Balaban J connectivity index is 1.57. The number of ether oxygens (including phenoxy) is 1. The summed E-state index contributed by atoms with van der Waals surface area (Å²) in [6.07, 6.45) is 2.19. The van der Waals surface area contributed by atoms with Crippen LogP contribution in [0.15, 0.2) is 35.5 Å². The molecule has 1 fully saturated rings. The molecule has 1 N–H and O–H groups in total. The fraction of sp³-hybridized carbons (Fsp3) is 0.471. The lowest BCUT2D eigenvalue weighted by Gasteiger charge is -2.30. The Hall–Kier alpha value is -2.86. The van der Waals surface area contributed by atoms with Crippen LogP contribution in [0.3, 0.4) is 0 Å². The van der Waals surface area contributed by atoms with Gasteiger partial charge in [-0.25, -0.2) is 13.1 Å². The van der Waals surface area contributed by atoms with Crippen molar-refractivity contribution in [2.24, 2.45) is 5.92 Å². The van der Waals surface area contributed by atoms with Gasteiger partial charge in [0.15, 0.2) is 0 Å². The molecule has 2 heterocycles. The van der Waals surface area contributed by atoms with Crippen molar-refractivity contribution in [1.29, 1.82) is 0 Å². The van der Waals surface area contributed by atoms with Crippen LogP contribution in [-0.2, 0) is 24.3 Å². The van der Waals surface area contributed by atoms with Gasteiger partial charge in [-0.2, -0.15) is 4.31 Å². The molecule has 0 saturated carbocycles. The highest BCUT2D eigenvalue weighted by Gasteiger charge is 2.32. The number of hydrogen-bond acceptors (Lipinski definition) is 8. The van der Waals surface area contributed by atoms with Gasteiger partial charge in [0.25, 0.3) is 0 Å². The van der Waals surface area contributed by atoms with Crippen molar-refractivity contribution in [2.75, 3.05) is 26.2 Å². The van der Waals surface area contributed by atoms with Crippen LogP contribution in [0.5, 0.6) is 0 Å². The molecule has 29 heavy (non-hydrogen) atoms. The number of rotatable bonds is 7. The molecular formula is C17H22N6O5S. The van der Waals surface area contributed by atoms with Crippen LogP contribution in [0.1, 0.15) is 19.8 Å². The predicted octanol–water partition coefficient (Wildman–Crippen LogP) is -0.258. The van der Waals surface area contributed by atoms with Gasteiger partial charge in [-0.1, -0.05) is 0 Å². The van der Waals surface area contributed by atoms with Crippen LogP contribution in [0.25, 0.3) is 5.69 Å². The van der Waals surface area contributed by atoms with E-state index in [-0.39, 0.29) is 43.0 Å². The van der Waals surface area contributed by atoms with Gasteiger partial charge >= 0.3 is 5.97 Å². The molecule has 12 heteroatoms. The first-order chi connectivity index (χ1) is 13.9. The number of aromatic nitrogens is 4. The first-order valence-corrected chi connectivity index (χ1v) is 10.6. The molecule has 156 valence electrons. The molecule has 0 atom stereocenters. The lowest BCUT2D eigenvalue weighted by atomic mass is 9.97. The fourth-order valence-corrected chi connectivity index (χ4v) is 4.54. The van der Waals surface area contributed by atoms with Crippen LogP contribution >= 0.6 is 0 Å². The maximum atomic E-state index is 12.9. The molecule has 1 saturated heterocycles. The molecule has 2 aromatic rings. The van der Waals surface area contributed by atoms with E-state index in [1.807, 2.05) is 0 Å². The molecule has 3 rings (SSSR count). The number of carbonyl (C=O) groups is 2. The summed E-state index contributed by atoms with van der Waals surface area (Å²) in [4.78, 5) is 23.7. The number of tetrazole rings is 1. The summed E-state index contributed by atoms with van der Waals surface area (Å²) in [5, 5.41) is 13.4. The number of piperidine rings is 1. The number of benzene rings is 1. The monoisotopic (exact) mass is 422 g/mol. The number of nitrogens with one attached hydrogen (secondary N) is 1. The molecule has 11 nitrogen and oxygen atoms in total. The average Bonchev–Trinajstić information content (AvgIpc) is 3.27. The summed E-state index contributed by atoms with van der Waals surface area (Å²) in [6, 6.07) is 6.26.